The largest absolute Gasteiger partial charge is 0.303 e. The lowest BCUT2D eigenvalue weighted by Gasteiger charge is -1.98. The number of anilines is 1. The number of nitrogens with zero attached hydrogens (tertiary/aromatic N) is 2. The van der Waals surface area contributed by atoms with E-state index in [2.05, 4.69) is 20.3 Å². The molecule has 1 heterocycles. The minimum atomic E-state index is -0.315. The van der Waals surface area contributed by atoms with Crippen molar-refractivity contribution in [3.63, 3.8) is 0 Å². The van der Waals surface area contributed by atoms with Crippen molar-refractivity contribution in [3.8, 4) is 0 Å². The molecule has 1 aromatic carbocycles. The number of carbonyl (C=O) groups is 1. The van der Waals surface area contributed by atoms with Crippen LogP contribution in [0.5, 0.6) is 0 Å². The number of rotatable bonds is 4. The van der Waals surface area contributed by atoms with E-state index in [1.165, 1.54) is 6.08 Å². The van der Waals surface area contributed by atoms with Crippen LogP contribution in [0.15, 0.2) is 35.0 Å². The molecule has 1 amide bonds. The van der Waals surface area contributed by atoms with Gasteiger partial charge in [-0.3, -0.25) is 4.79 Å². The van der Waals surface area contributed by atoms with E-state index in [9.17, 15) is 4.79 Å². The Kier molecular flexibility index (Phi) is 4.30. The van der Waals surface area contributed by atoms with Gasteiger partial charge in [0.25, 0.3) is 0 Å². The van der Waals surface area contributed by atoms with Crippen LogP contribution < -0.4 is 5.32 Å². The summed E-state index contributed by atoms with van der Waals surface area (Å²) >= 11 is 5.98. The number of hydrogen-bond donors (Lipinski definition) is 1. The van der Waals surface area contributed by atoms with Crippen molar-refractivity contribution in [2.24, 2.45) is 0 Å². The minimum absolute atomic E-state index is 0.315. The fourth-order valence-corrected chi connectivity index (χ4v) is 1.67. The van der Waals surface area contributed by atoms with Gasteiger partial charge in [0, 0.05) is 11.1 Å². The molecule has 0 spiro atoms. The number of nitrogens with one attached hydrogen (secondary N) is 1. The SMILES string of the molecule is CCc1nonc1NC(=O)/C=C/c1ccccc1Cl. The molecule has 19 heavy (non-hydrogen) atoms. The number of aryl methyl sites for hydroxylation is 1. The smallest absolute Gasteiger partial charge is 0.249 e. The first-order chi connectivity index (χ1) is 9.20. The molecule has 0 saturated carbocycles. The van der Waals surface area contributed by atoms with Crippen molar-refractivity contribution < 1.29 is 9.42 Å². The summed E-state index contributed by atoms with van der Waals surface area (Å²) in [5.41, 5.74) is 1.38. The summed E-state index contributed by atoms with van der Waals surface area (Å²) in [4.78, 5) is 11.7. The topological polar surface area (TPSA) is 68.0 Å². The Balaban J connectivity index is 2.04. The summed E-state index contributed by atoms with van der Waals surface area (Å²) in [5, 5.41) is 10.5. The molecule has 6 heteroatoms. The van der Waals surface area contributed by atoms with E-state index in [0.717, 1.165) is 5.56 Å². The van der Waals surface area contributed by atoms with Gasteiger partial charge in [0.1, 0.15) is 5.69 Å². The maximum absolute atomic E-state index is 11.7. The van der Waals surface area contributed by atoms with E-state index in [1.54, 1.807) is 12.1 Å². The predicted octanol–water partition coefficient (Wildman–Crippen LogP) is 2.94. The van der Waals surface area contributed by atoms with Crippen LogP contribution in [0.1, 0.15) is 18.2 Å². The van der Waals surface area contributed by atoms with Gasteiger partial charge in [-0.05, 0) is 29.3 Å². The van der Waals surface area contributed by atoms with Crippen molar-refractivity contribution in [1.82, 2.24) is 10.3 Å². The van der Waals surface area contributed by atoms with Gasteiger partial charge in [0.05, 0.1) is 0 Å². The zero-order valence-electron chi connectivity index (χ0n) is 10.3. The van der Waals surface area contributed by atoms with Gasteiger partial charge in [-0.15, -0.1) is 0 Å². The third-order valence-corrected chi connectivity index (χ3v) is 2.80. The van der Waals surface area contributed by atoms with Crippen LogP contribution in [0.3, 0.4) is 0 Å². The highest BCUT2D eigenvalue weighted by Crippen LogP contribution is 2.16. The molecular formula is C13H12ClN3O2. The Hall–Kier alpha value is -2.14. The predicted molar refractivity (Wildman–Crippen MR) is 72.8 cm³/mol. The van der Waals surface area contributed by atoms with Crippen LogP contribution in [-0.4, -0.2) is 16.2 Å². The van der Waals surface area contributed by atoms with Crippen LogP contribution in [0, 0.1) is 0 Å². The summed E-state index contributed by atoms with van der Waals surface area (Å²) in [6, 6.07) is 7.26. The molecule has 0 aliphatic heterocycles. The molecule has 1 N–H and O–H groups in total. The highest BCUT2D eigenvalue weighted by molar-refractivity contribution is 6.32. The Morgan fingerprint density at radius 3 is 2.95 bits per heavy atom. The van der Waals surface area contributed by atoms with E-state index in [0.29, 0.717) is 23.0 Å². The van der Waals surface area contributed by atoms with Crippen LogP contribution >= 0.6 is 11.6 Å². The third-order valence-electron chi connectivity index (χ3n) is 2.45. The standard InChI is InChI=1S/C13H12ClN3O2/c1-2-11-13(17-19-16-11)15-12(18)8-7-9-5-3-4-6-10(9)14/h3-8H,2H2,1H3,(H,15,17,18)/b8-7+. The van der Waals surface area contributed by atoms with Gasteiger partial charge in [-0.2, -0.15) is 0 Å². The Bertz CT molecular complexity index is 607. The van der Waals surface area contributed by atoms with E-state index >= 15 is 0 Å². The summed E-state index contributed by atoms with van der Waals surface area (Å²) in [5.74, 6) is 0.0293. The Morgan fingerprint density at radius 2 is 2.21 bits per heavy atom. The Labute approximate surface area is 115 Å². The van der Waals surface area contributed by atoms with Crippen molar-refractivity contribution in [1.29, 1.82) is 0 Å². The third kappa shape index (κ3) is 3.42. The summed E-state index contributed by atoms with van der Waals surface area (Å²) in [7, 11) is 0. The van der Waals surface area contributed by atoms with E-state index in [4.69, 9.17) is 11.6 Å². The molecule has 2 rings (SSSR count). The zero-order valence-corrected chi connectivity index (χ0v) is 11.0. The molecular weight excluding hydrogens is 266 g/mol. The van der Waals surface area contributed by atoms with E-state index in [-0.39, 0.29) is 5.91 Å². The highest BCUT2D eigenvalue weighted by Gasteiger charge is 2.09. The van der Waals surface area contributed by atoms with Gasteiger partial charge in [0.15, 0.2) is 0 Å². The average Bonchev–Trinajstić information content (AvgIpc) is 2.85. The summed E-state index contributed by atoms with van der Waals surface area (Å²) in [6.45, 7) is 1.90. The fraction of sp³-hybridized carbons (Fsp3) is 0.154. The first-order valence-electron chi connectivity index (χ1n) is 5.75. The van der Waals surface area contributed by atoms with Crippen LogP contribution in [0.25, 0.3) is 6.08 Å². The molecule has 0 fully saturated rings. The van der Waals surface area contributed by atoms with Crippen molar-refractivity contribution in [3.05, 3.63) is 46.6 Å². The lowest BCUT2D eigenvalue weighted by Crippen LogP contribution is -2.09. The van der Waals surface area contributed by atoms with Crippen LogP contribution in [0.4, 0.5) is 5.82 Å². The molecule has 0 radical (unpaired) electrons. The summed E-state index contributed by atoms with van der Waals surface area (Å²) in [6.07, 6.45) is 3.65. The number of amides is 1. The maximum atomic E-state index is 11.7. The second-order valence-corrected chi connectivity index (χ2v) is 4.16. The van der Waals surface area contributed by atoms with Gasteiger partial charge in [-0.25, -0.2) is 4.63 Å². The maximum Gasteiger partial charge on any atom is 0.249 e. The number of carbonyl (C=O) groups excluding carboxylic acids is 1. The van der Waals surface area contributed by atoms with E-state index in [1.807, 2.05) is 25.1 Å². The molecule has 2 aromatic rings. The number of hydrogen-bond acceptors (Lipinski definition) is 4. The molecule has 1 aromatic heterocycles. The van der Waals surface area contributed by atoms with Crippen molar-refractivity contribution in [2.75, 3.05) is 5.32 Å². The molecule has 0 aliphatic carbocycles. The van der Waals surface area contributed by atoms with Gasteiger partial charge in [0.2, 0.25) is 11.7 Å². The first-order valence-corrected chi connectivity index (χ1v) is 6.13. The fourth-order valence-electron chi connectivity index (χ4n) is 1.47. The molecule has 0 aliphatic rings. The van der Waals surface area contributed by atoms with Crippen LogP contribution in [-0.2, 0) is 11.2 Å². The average molecular weight is 278 g/mol. The van der Waals surface area contributed by atoms with Crippen molar-refractivity contribution >= 4 is 29.4 Å². The lowest BCUT2D eigenvalue weighted by atomic mass is 10.2. The van der Waals surface area contributed by atoms with Gasteiger partial charge < -0.3 is 5.32 Å². The zero-order chi connectivity index (χ0) is 13.7. The van der Waals surface area contributed by atoms with Gasteiger partial charge in [-0.1, -0.05) is 41.9 Å². The first kappa shape index (κ1) is 13.3. The second kappa shape index (κ2) is 6.15. The van der Waals surface area contributed by atoms with Gasteiger partial charge >= 0.3 is 0 Å². The monoisotopic (exact) mass is 277 g/mol. The second-order valence-electron chi connectivity index (χ2n) is 3.76. The summed E-state index contributed by atoms with van der Waals surface area (Å²) < 4.78 is 4.56. The normalized spacial score (nSPS) is 10.8. The highest BCUT2D eigenvalue weighted by atomic mass is 35.5. The number of benzene rings is 1. The number of halogens is 1. The number of aromatic nitrogens is 2. The molecule has 0 saturated heterocycles. The molecule has 0 bridgehead atoms. The lowest BCUT2D eigenvalue weighted by molar-refractivity contribution is -0.111. The molecule has 0 atom stereocenters. The Morgan fingerprint density at radius 1 is 1.42 bits per heavy atom. The van der Waals surface area contributed by atoms with Crippen LogP contribution in [0.2, 0.25) is 5.02 Å². The quantitative estimate of drug-likeness (QED) is 0.873. The van der Waals surface area contributed by atoms with E-state index < -0.39 is 0 Å². The van der Waals surface area contributed by atoms with Crippen molar-refractivity contribution in [2.45, 2.75) is 13.3 Å². The molecule has 98 valence electrons. The molecule has 0 unspecified atom stereocenters. The molecule has 5 nitrogen and oxygen atoms in total. The minimum Gasteiger partial charge on any atom is -0.303 e.